The first-order chi connectivity index (χ1) is 15.4. The van der Waals surface area contributed by atoms with Crippen LogP contribution in [-0.4, -0.2) is 42.8 Å². The molecular formula is C23H22N4O3S2. The lowest BCUT2D eigenvalue weighted by molar-refractivity contribution is -0.123. The van der Waals surface area contributed by atoms with E-state index in [0.717, 1.165) is 11.1 Å². The van der Waals surface area contributed by atoms with Gasteiger partial charge in [-0.25, -0.2) is 4.98 Å². The maximum atomic E-state index is 13.3. The smallest absolute Gasteiger partial charge is 0.267 e. The van der Waals surface area contributed by atoms with Crippen LogP contribution in [0.3, 0.4) is 0 Å². The number of thiocarbonyl (C=S) groups is 1. The molecule has 1 fully saturated rings. The third kappa shape index (κ3) is 4.19. The van der Waals surface area contributed by atoms with Crippen LogP contribution in [0.5, 0.6) is 0 Å². The summed E-state index contributed by atoms with van der Waals surface area (Å²) in [7, 11) is 0. The van der Waals surface area contributed by atoms with Gasteiger partial charge in [-0.3, -0.25) is 18.9 Å². The highest BCUT2D eigenvalue weighted by molar-refractivity contribution is 8.26. The first-order valence-electron chi connectivity index (χ1n) is 10.1. The number of hydrogen-bond donors (Lipinski definition) is 2. The summed E-state index contributed by atoms with van der Waals surface area (Å²) in [6, 6.07) is 13.0. The Morgan fingerprint density at radius 3 is 2.69 bits per heavy atom. The fourth-order valence-corrected chi connectivity index (χ4v) is 4.92. The van der Waals surface area contributed by atoms with E-state index in [-0.39, 0.29) is 36.2 Å². The molecule has 0 aliphatic carbocycles. The van der Waals surface area contributed by atoms with Gasteiger partial charge in [-0.1, -0.05) is 60.4 Å². The van der Waals surface area contributed by atoms with E-state index in [1.54, 1.807) is 23.2 Å². The second kappa shape index (κ2) is 9.23. The number of nitrogens with zero attached hydrogens (tertiary/aromatic N) is 3. The van der Waals surface area contributed by atoms with E-state index < -0.39 is 0 Å². The summed E-state index contributed by atoms with van der Waals surface area (Å²) in [5.41, 5.74) is 2.29. The lowest BCUT2D eigenvalue weighted by atomic mass is 10.1. The van der Waals surface area contributed by atoms with Crippen molar-refractivity contribution in [3.05, 3.63) is 80.6 Å². The highest BCUT2D eigenvalue weighted by atomic mass is 32.2. The molecule has 1 aliphatic rings. The second-order valence-corrected chi connectivity index (χ2v) is 9.08. The van der Waals surface area contributed by atoms with Gasteiger partial charge >= 0.3 is 0 Å². The van der Waals surface area contributed by atoms with Crippen LogP contribution >= 0.6 is 24.0 Å². The monoisotopic (exact) mass is 466 g/mol. The van der Waals surface area contributed by atoms with Crippen molar-refractivity contribution in [3.63, 3.8) is 0 Å². The SMILES string of the molecule is Cc1ccc2nc(NCCO)c(C=C3SC(=S)N(C(C)c4ccccc4)C3=O)c(=O)n2c1. The Morgan fingerprint density at radius 2 is 1.97 bits per heavy atom. The summed E-state index contributed by atoms with van der Waals surface area (Å²) in [5.74, 6) is 0.0625. The fraction of sp³-hybridized carbons (Fsp3) is 0.217. The number of amides is 1. The van der Waals surface area contributed by atoms with E-state index >= 15 is 0 Å². The van der Waals surface area contributed by atoms with Gasteiger partial charge in [0.2, 0.25) is 0 Å². The number of fused-ring (bicyclic) bond motifs is 1. The zero-order chi connectivity index (χ0) is 22.8. The van der Waals surface area contributed by atoms with Crippen LogP contribution in [0.15, 0.2) is 58.4 Å². The van der Waals surface area contributed by atoms with Crippen molar-refractivity contribution in [2.75, 3.05) is 18.5 Å². The zero-order valence-corrected chi connectivity index (χ0v) is 19.2. The number of nitrogens with one attached hydrogen (secondary N) is 1. The summed E-state index contributed by atoms with van der Waals surface area (Å²) >= 11 is 6.66. The number of pyridine rings is 1. The van der Waals surface area contributed by atoms with E-state index in [1.165, 1.54) is 16.2 Å². The third-order valence-electron chi connectivity index (χ3n) is 5.18. The van der Waals surface area contributed by atoms with Gasteiger partial charge in [0, 0.05) is 12.7 Å². The van der Waals surface area contributed by atoms with Gasteiger partial charge in [0.1, 0.15) is 15.8 Å². The molecule has 2 aromatic heterocycles. The van der Waals surface area contributed by atoms with Gasteiger partial charge < -0.3 is 10.4 Å². The lowest BCUT2D eigenvalue weighted by Gasteiger charge is -2.23. The molecule has 0 spiro atoms. The number of anilines is 1. The van der Waals surface area contributed by atoms with E-state index in [9.17, 15) is 14.7 Å². The van der Waals surface area contributed by atoms with Crippen LogP contribution in [0.25, 0.3) is 11.7 Å². The first kappa shape index (κ1) is 22.2. The predicted octanol–water partition coefficient (Wildman–Crippen LogP) is 3.37. The number of aromatic nitrogens is 2. The minimum Gasteiger partial charge on any atom is -0.395 e. The number of rotatable bonds is 6. The Balaban J connectivity index is 1.78. The normalized spacial score (nSPS) is 16.2. The Morgan fingerprint density at radius 1 is 1.22 bits per heavy atom. The average molecular weight is 467 g/mol. The minimum atomic E-state index is -0.305. The van der Waals surface area contributed by atoms with Gasteiger partial charge in [0.05, 0.1) is 23.1 Å². The molecule has 1 atom stereocenters. The van der Waals surface area contributed by atoms with E-state index in [4.69, 9.17) is 12.2 Å². The highest BCUT2D eigenvalue weighted by Crippen LogP contribution is 2.38. The summed E-state index contributed by atoms with van der Waals surface area (Å²) < 4.78 is 1.89. The van der Waals surface area contributed by atoms with Crippen LogP contribution in [-0.2, 0) is 4.79 Å². The zero-order valence-electron chi connectivity index (χ0n) is 17.6. The molecule has 1 aromatic carbocycles. The van der Waals surface area contributed by atoms with Gasteiger partial charge in [-0.15, -0.1) is 0 Å². The molecule has 0 saturated carbocycles. The van der Waals surface area contributed by atoms with Crippen molar-refractivity contribution in [1.29, 1.82) is 0 Å². The maximum absolute atomic E-state index is 13.3. The standard InChI is InChI=1S/C23H22N4O3S2/c1-14-8-9-19-25-20(24-10-11-28)17(21(29)26(19)13-14)12-18-22(30)27(23(31)32-18)15(2)16-6-4-3-5-7-16/h3-9,12-13,15,24,28H,10-11H2,1-2H3. The Kier molecular flexibility index (Phi) is 6.40. The Labute approximate surface area is 194 Å². The van der Waals surface area contributed by atoms with Crippen LogP contribution < -0.4 is 10.9 Å². The number of hydrogen-bond acceptors (Lipinski definition) is 7. The van der Waals surface area contributed by atoms with E-state index in [2.05, 4.69) is 10.3 Å². The predicted molar refractivity (Wildman–Crippen MR) is 132 cm³/mol. The largest absolute Gasteiger partial charge is 0.395 e. The van der Waals surface area contributed by atoms with Crippen LogP contribution in [0.1, 0.15) is 29.7 Å². The number of aliphatic hydroxyl groups is 1. The van der Waals surface area contributed by atoms with E-state index in [1.807, 2.05) is 50.2 Å². The quantitative estimate of drug-likeness (QED) is 0.425. The van der Waals surface area contributed by atoms with Gasteiger partial charge in [0.25, 0.3) is 11.5 Å². The number of benzene rings is 1. The molecule has 1 unspecified atom stereocenters. The molecule has 1 saturated heterocycles. The number of aryl methyl sites for hydroxylation is 1. The summed E-state index contributed by atoms with van der Waals surface area (Å²) in [6.07, 6.45) is 3.25. The molecule has 1 amide bonds. The molecule has 32 heavy (non-hydrogen) atoms. The topological polar surface area (TPSA) is 86.9 Å². The summed E-state index contributed by atoms with van der Waals surface area (Å²) in [6.45, 7) is 3.92. The molecule has 4 rings (SSSR count). The first-order valence-corrected chi connectivity index (χ1v) is 11.3. The van der Waals surface area contributed by atoms with Crippen molar-refractivity contribution in [2.45, 2.75) is 19.9 Å². The van der Waals surface area contributed by atoms with Crippen LogP contribution in [0, 0.1) is 6.92 Å². The van der Waals surface area contributed by atoms with Gasteiger partial charge in [-0.05, 0) is 37.1 Å². The minimum absolute atomic E-state index is 0.120. The average Bonchev–Trinajstić information content (AvgIpc) is 3.07. The van der Waals surface area contributed by atoms with Crippen molar-refractivity contribution in [1.82, 2.24) is 14.3 Å². The molecule has 9 heteroatoms. The Hall–Kier alpha value is -3.01. The molecule has 0 radical (unpaired) electrons. The number of carbonyl (C=O) groups is 1. The molecule has 0 bridgehead atoms. The fourth-order valence-electron chi connectivity index (χ4n) is 3.52. The van der Waals surface area contributed by atoms with Crippen molar-refractivity contribution in [3.8, 4) is 0 Å². The lowest BCUT2D eigenvalue weighted by Crippen LogP contribution is -2.31. The Bertz CT molecular complexity index is 1290. The maximum Gasteiger partial charge on any atom is 0.267 e. The van der Waals surface area contributed by atoms with E-state index in [0.29, 0.717) is 20.7 Å². The van der Waals surface area contributed by atoms with Crippen molar-refractivity contribution < 1.29 is 9.90 Å². The third-order valence-corrected chi connectivity index (χ3v) is 6.51. The molecule has 164 valence electrons. The number of aliphatic hydroxyl groups excluding tert-OH is 1. The van der Waals surface area contributed by atoms with Crippen molar-refractivity contribution >= 4 is 51.7 Å². The second-order valence-electron chi connectivity index (χ2n) is 7.40. The molecule has 2 N–H and O–H groups in total. The van der Waals surface area contributed by atoms with Crippen molar-refractivity contribution in [2.24, 2.45) is 0 Å². The number of thioether (sulfide) groups is 1. The van der Waals surface area contributed by atoms with Gasteiger partial charge in [0.15, 0.2) is 0 Å². The molecule has 3 heterocycles. The number of carbonyl (C=O) groups excluding carboxylic acids is 1. The van der Waals surface area contributed by atoms with Crippen LogP contribution in [0.2, 0.25) is 0 Å². The molecule has 1 aliphatic heterocycles. The van der Waals surface area contributed by atoms with Gasteiger partial charge in [-0.2, -0.15) is 0 Å². The molecular weight excluding hydrogens is 444 g/mol. The molecule has 3 aromatic rings. The summed E-state index contributed by atoms with van der Waals surface area (Å²) in [4.78, 5) is 33.0. The summed E-state index contributed by atoms with van der Waals surface area (Å²) in [5, 5.41) is 12.2. The van der Waals surface area contributed by atoms with Crippen LogP contribution in [0.4, 0.5) is 5.82 Å². The molecule has 7 nitrogen and oxygen atoms in total. The highest BCUT2D eigenvalue weighted by Gasteiger charge is 2.36.